The molecule has 1 amide bonds. The van der Waals surface area contributed by atoms with Crippen LogP contribution < -0.4 is 0 Å². The molecule has 0 aromatic heterocycles. The molecule has 0 unspecified atom stereocenters. The highest BCUT2D eigenvalue weighted by Crippen LogP contribution is 2.24. The average Bonchev–Trinajstić information content (AvgIpc) is 2.19. The predicted octanol–water partition coefficient (Wildman–Crippen LogP) is 2.55. The molecule has 1 aliphatic carbocycles. The molecule has 1 N–H and O–H groups in total. The Balaban J connectivity index is 2.55. The van der Waals surface area contributed by atoms with Gasteiger partial charge in [-0.05, 0) is 53.4 Å². The quantitative estimate of drug-likeness (QED) is 0.811. The lowest BCUT2D eigenvalue weighted by Gasteiger charge is -2.36. The van der Waals surface area contributed by atoms with E-state index in [-0.39, 0.29) is 18.2 Å². The van der Waals surface area contributed by atoms with Crippen molar-refractivity contribution in [3.05, 3.63) is 0 Å². The van der Waals surface area contributed by atoms with Crippen LogP contribution in [0.5, 0.6) is 0 Å². The fraction of sp³-hybridized carbons (Fsp3) is 0.923. The molecule has 4 heteroatoms. The van der Waals surface area contributed by atoms with Crippen molar-refractivity contribution in [2.24, 2.45) is 0 Å². The largest absolute Gasteiger partial charge is 0.444 e. The van der Waals surface area contributed by atoms with Gasteiger partial charge in [-0.25, -0.2) is 4.79 Å². The van der Waals surface area contributed by atoms with Gasteiger partial charge in [-0.1, -0.05) is 0 Å². The van der Waals surface area contributed by atoms with Crippen LogP contribution in [0, 0.1) is 0 Å². The predicted molar refractivity (Wildman–Crippen MR) is 66.9 cm³/mol. The summed E-state index contributed by atoms with van der Waals surface area (Å²) in [5, 5.41) is 9.47. The number of hydrogen-bond donors (Lipinski definition) is 1. The fourth-order valence-corrected chi connectivity index (χ4v) is 2.23. The molecule has 0 radical (unpaired) electrons. The zero-order chi connectivity index (χ0) is 13.1. The Bertz CT molecular complexity index is 252. The number of carbonyl (C=O) groups excluding carboxylic acids is 1. The summed E-state index contributed by atoms with van der Waals surface area (Å²) in [6.45, 7) is 8.26. The minimum absolute atomic E-state index is 0.191. The minimum atomic E-state index is -0.446. The van der Waals surface area contributed by atoms with Gasteiger partial charge in [0.1, 0.15) is 5.60 Å². The van der Waals surface area contributed by atoms with E-state index in [0.717, 1.165) is 25.7 Å². The topological polar surface area (TPSA) is 49.8 Å². The van der Waals surface area contributed by atoms with Crippen molar-refractivity contribution in [1.82, 2.24) is 4.90 Å². The Labute approximate surface area is 104 Å². The monoisotopic (exact) mass is 243 g/mol. The lowest BCUT2D eigenvalue weighted by molar-refractivity contribution is 0.00656. The number of carbonyl (C=O) groups is 1. The molecule has 0 aliphatic heterocycles. The third-order valence-electron chi connectivity index (χ3n) is 3.08. The number of hydrogen-bond acceptors (Lipinski definition) is 3. The molecule has 1 aliphatic rings. The maximum absolute atomic E-state index is 12.0. The van der Waals surface area contributed by atoms with Crippen LogP contribution in [0.1, 0.15) is 53.4 Å². The van der Waals surface area contributed by atoms with Gasteiger partial charge in [-0.2, -0.15) is 0 Å². The molecule has 0 atom stereocenters. The normalized spacial score (nSPS) is 25.5. The number of aliphatic hydroxyl groups is 1. The second-order valence-corrected chi connectivity index (χ2v) is 5.73. The highest BCUT2D eigenvalue weighted by molar-refractivity contribution is 5.68. The highest BCUT2D eigenvalue weighted by atomic mass is 16.6. The van der Waals surface area contributed by atoms with E-state index in [0.29, 0.717) is 6.54 Å². The smallest absolute Gasteiger partial charge is 0.410 e. The third-order valence-corrected chi connectivity index (χ3v) is 3.08. The van der Waals surface area contributed by atoms with Crippen LogP contribution >= 0.6 is 0 Å². The zero-order valence-corrected chi connectivity index (χ0v) is 11.4. The number of nitrogens with zero attached hydrogens (tertiary/aromatic N) is 1. The molecule has 0 spiro atoms. The van der Waals surface area contributed by atoms with Gasteiger partial charge < -0.3 is 14.7 Å². The standard InChI is InChI=1S/C13H25NO3/c1-5-14(12(16)17-13(2,3)4)10-6-8-11(15)9-7-10/h10-11,15H,5-9H2,1-4H3. The summed E-state index contributed by atoms with van der Waals surface area (Å²) < 4.78 is 5.40. The van der Waals surface area contributed by atoms with Gasteiger partial charge >= 0.3 is 6.09 Å². The summed E-state index contributed by atoms with van der Waals surface area (Å²) in [5.74, 6) is 0. The van der Waals surface area contributed by atoms with Crippen LogP contribution in [0.3, 0.4) is 0 Å². The van der Waals surface area contributed by atoms with E-state index in [1.54, 1.807) is 4.90 Å². The summed E-state index contributed by atoms with van der Waals surface area (Å²) in [6.07, 6.45) is 2.88. The molecule has 4 nitrogen and oxygen atoms in total. The van der Waals surface area contributed by atoms with Gasteiger partial charge in [0.05, 0.1) is 6.10 Å². The first-order valence-corrected chi connectivity index (χ1v) is 6.51. The molecule has 1 fully saturated rings. The second kappa shape index (κ2) is 5.71. The molecular weight excluding hydrogens is 218 g/mol. The molecule has 0 aromatic carbocycles. The van der Waals surface area contributed by atoms with Crippen molar-refractivity contribution in [1.29, 1.82) is 0 Å². The molecule has 100 valence electrons. The van der Waals surface area contributed by atoms with Crippen molar-refractivity contribution < 1.29 is 14.6 Å². The van der Waals surface area contributed by atoms with Crippen molar-refractivity contribution in [2.45, 2.75) is 71.1 Å². The molecular formula is C13H25NO3. The van der Waals surface area contributed by atoms with E-state index in [1.165, 1.54) is 0 Å². The van der Waals surface area contributed by atoms with E-state index in [1.807, 2.05) is 27.7 Å². The number of ether oxygens (including phenoxy) is 1. The fourth-order valence-electron chi connectivity index (χ4n) is 2.23. The van der Waals surface area contributed by atoms with Gasteiger partial charge in [0.15, 0.2) is 0 Å². The van der Waals surface area contributed by atoms with Crippen molar-refractivity contribution >= 4 is 6.09 Å². The molecule has 0 heterocycles. The molecule has 0 aromatic rings. The van der Waals surface area contributed by atoms with E-state index < -0.39 is 5.60 Å². The highest BCUT2D eigenvalue weighted by Gasteiger charge is 2.30. The van der Waals surface area contributed by atoms with E-state index in [4.69, 9.17) is 4.74 Å². The summed E-state index contributed by atoms with van der Waals surface area (Å²) in [5.41, 5.74) is -0.446. The molecule has 17 heavy (non-hydrogen) atoms. The van der Waals surface area contributed by atoms with Crippen molar-refractivity contribution in [3.63, 3.8) is 0 Å². The lowest BCUT2D eigenvalue weighted by atomic mass is 9.92. The van der Waals surface area contributed by atoms with E-state index >= 15 is 0 Å². The summed E-state index contributed by atoms with van der Waals surface area (Å²) in [7, 11) is 0. The van der Waals surface area contributed by atoms with Crippen molar-refractivity contribution in [3.8, 4) is 0 Å². The summed E-state index contributed by atoms with van der Waals surface area (Å²) in [6, 6.07) is 0.221. The van der Waals surface area contributed by atoms with Crippen molar-refractivity contribution in [2.75, 3.05) is 6.54 Å². The number of amides is 1. The SMILES string of the molecule is CCN(C(=O)OC(C)(C)C)C1CCC(O)CC1. The van der Waals surface area contributed by atoms with Gasteiger partial charge in [-0.3, -0.25) is 0 Å². The van der Waals surface area contributed by atoms with Gasteiger partial charge in [0.25, 0.3) is 0 Å². The Morgan fingerprint density at radius 1 is 1.29 bits per heavy atom. The van der Waals surface area contributed by atoms with Crippen LogP contribution in [0.2, 0.25) is 0 Å². The summed E-state index contributed by atoms with van der Waals surface area (Å²) >= 11 is 0. The average molecular weight is 243 g/mol. The van der Waals surface area contributed by atoms with Crippen LogP contribution in [0.4, 0.5) is 4.79 Å². The van der Waals surface area contributed by atoms with Gasteiger partial charge in [-0.15, -0.1) is 0 Å². The number of aliphatic hydroxyl groups excluding tert-OH is 1. The van der Waals surface area contributed by atoms with Gasteiger partial charge in [0.2, 0.25) is 0 Å². The van der Waals surface area contributed by atoms with Gasteiger partial charge in [0, 0.05) is 12.6 Å². The molecule has 1 saturated carbocycles. The van der Waals surface area contributed by atoms with Crippen LogP contribution in [-0.4, -0.2) is 40.4 Å². The lowest BCUT2D eigenvalue weighted by Crippen LogP contribution is -2.45. The first-order chi connectivity index (χ1) is 7.83. The minimum Gasteiger partial charge on any atom is -0.444 e. The molecule has 0 bridgehead atoms. The number of rotatable bonds is 2. The third kappa shape index (κ3) is 4.54. The maximum Gasteiger partial charge on any atom is 0.410 e. The summed E-state index contributed by atoms with van der Waals surface area (Å²) in [4.78, 5) is 13.8. The first kappa shape index (κ1) is 14.3. The second-order valence-electron chi connectivity index (χ2n) is 5.73. The Morgan fingerprint density at radius 3 is 2.24 bits per heavy atom. The van der Waals surface area contributed by atoms with Crippen LogP contribution in [-0.2, 0) is 4.74 Å². The zero-order valence-electron chi connectivity index (χ0n) is 11.4. The van der Waals surface area contributed by atoms with E-state index in [9.17, 15) is 9.90 Å². The molecule has 1 rings (SSSR count). The first-order valence-electron chi connectivity index (χ1n) is 6.51. The maximum atomic E-state index is 12.0. The Hall–Kier alpha value is -0.770. The Kier molecular flexibility index (Phi) is 4.80. The van der Waals surface area contributed by atoms with Crippen LogP contribution in [0.15, 0.2) is 0 Å². The molecule has 0 saturated heterocycles. The van der Waals surface area contributed by atoms with Crippen LogP contribution in [0.25, 0.3) is 0 Å². The Morgan fingerprint density at radius 2 is 1.82 bits per heavy atom. The van der Waals surface area contributed by atoms with E-state index in [2.05, 4.69) is 0 Å².